The number of nitrogens with one attached hydrogen (secondary N) is 3. The van der Waals surface area contributed by atoms with Gasteiger partial charge in [0.15, 0.2) is 0 Å². The molecule has 0 radical (unpaired) electrons. The normalized spacial score (nSPS) is 17.1. The lowest BCUT2D eigenvalue weighted by atomic mass is 10.0. The summed E-state index contributed by atoms with van der Waals surface area (Å²) in [6, 6.07) is 14.5. The molecule has 0 spiro atoms. The van der Waals surface area contributed by atoms with Crippen LogP contribution in [0.5, 0.6) is 5.75 Å². The minimum absolute atomic E-state index is 0.281. The molecular formula is C29H40N4O5S2. The fraction of sp³-hybridized carbons (Fsp3) is 0.414. The smallest absolute Gasteiger partial charge is 0.251 e. The summed E-state index contributed by atoms with van der Waals surface area (Å²) in [7, 11) is -1.31. The van der Waals surface area contributed by atoms with Crippen LogP contribution in [-0.4, -0.2) is 64.8 Å². The Morgan fingerprint density at radius 1 is 1.15 bits per heavy atom. The number of amides is 1. The molecule has 11 heteroatoms. The number of carbonyl (C=O) groups excluding carboxylic acids is 1. The molecule has 1 aliphatic rings. The molecule has 1 fully saturated rings. The van der Waals surface area contributed by atoms with Crippen molar-refractivity contribution >= 4 is 39.4 Å². The number of hydrogen-bond donors (Lipinski definition) is 6. The number of aliphatic hydroxyl groups is 1. The molecule has 2 aromatic carbocycles. The highest BCUT2D eigenvalue weighted by Crippen LogP contribution is 2.50. The molecule has 0 aliphatic carbocycles. The second-order valence-electron chi connectivity index (χ2n) is 9.91. The molecule has 1 aromatic heterocycles. The number of benzene rings is 2. The van der Waals surface area contributed by atoms with Crippen molar-refractivity contribution in [3.05, 3.63) is 76.0 Å². The summed E-state index contributed by atoms with van der Waals surface area (Å²) in [4.78, 5) is 13.6. The molecule has 0 unspecified atom stereocenters. The topological polar surface area (TPSA) is 126 Å². The molecule has 1 amide bonds. The summed E-state index contributed by atoms with van der Waals surface area (Å²) in [5.41, 5.74) is 3.77. The van der Waals surface area contributed by atoms with E-state index < -0.39 is 22.9 Å². The predicted octanol–water partition coefficient (Wildman–Crippen LogP) is 4.95. The predicted molar refractivity (Wildman–Crippen MR) is 165 cm³/mol. The van der Waals surface area contributed by atoms with Gasteiger partial charge in [-0.1, -0.05) is 12.1 Å². The van der Waals surface area contributed by atoms with Gasteiger partial charge >= 0.3 is 0 Å². The van der Waals surface area contributed by atoms with E-state index in [2.05, 4.69) is 16.0 Å². The van der Waals surface area contributed by atoms with Crippen LogP contribution in [-0.2, 0) is 13.0 Å². The first-order valence-electron chi connectivity index (χ1n) is 13.5. The van der Waals surface area contributed by atoms with Gasteiger partial charge < -0.3 is 25.8 Å². The van der Waals surface area contributed by atoms with E-state index in [4.69, 9.17) is 4.74 Å². The van der Waals surface area contributed by atoms with Crippen LogP contribution in [0.25, 0.3) is 0 Å². The van der Waals surface area contributed by atoms with Crippen LogP contribution in [0.3, 0.4) is 0 Å². The number of ether oxygens (including phenoxy) is 1. The fourth-order valence-corrected chi connectivity index (χ4v) is 7.14. The number of anilines is 2. The monoisotopic (exact) mass is 588 g/mol. The van der Waals surface area contributed by atoms with Gasteiger partial charge in [0.25, 0.3) is 5.91 Å². The lowest BCUT2D eigenvalue weighted by Gasteiger charge is -2.47. The lowest BCUT2D eigenvalue weighted by Crippen LogP contribution is -2.48. The van der Waals surface area contributed by atoms with Crippen molar-refractivity contribution in [3.63, 3.8) is 0 Å². The first-order valence-corrected chi connectivity index (χ1v) is 16.2. The van der Waals surface area contributed by atoms with E-state index in [0.717, 1.165) is 35.4 Å². The number of methoxy groups -OCH3 is 1. The van der Waals surface area contributed by atoms with Gasteiger partial charge in [0.2, 0.25) is 0 Å². The van der Waals surface area contributed by atoms with Crippen molar-refractivity contribution in [2.24, 2.45) is 0 Å². The largest absolute Gasteiger partial charge is 0.497 e. The zero-order valence-electron chi connectivity index (χ0n) is 23.0. The third-order valence-corrected chi connectivity index (χ3v) is 9.53. The Morgan fingerprint density at radius 3 is 2.73 bits per heavy atom. The van der Waals surface area contributed by atoms with Crippen molar-refractivity contribution < 1.29 is 23.7 Å². The number of nitrogens with zero attached hydrogens (tertiary/aromatic N) is 1. The minimum atomic E-state index is -2.94. The van der Waals surface area contributed by atoms with Gasteiger partial charge in [-0.15, -0.1) is 10.8 Å². The third kappa shape index (κ3) is 8.12. The zero-order chi connectivity index (χ0) is 28.5. The van der Waals surface area contributed by atoms with E-state index in [9.17, 15) is 19.0 Å². The van der Waals surface area contributed by atoms with E-state index in [0.29, 0.717) is 43.1 Å². The molecular weight excluding hydrogens is 548 g/mol. The lowest BCUT2D eigenvalue weighted by molar-refractivity contribution is 0.0830. The van der Waals surface area contributed by atoms with Gasteiger partial charge in [-0.05, 0) is 84.5 Å². The maximum absolute atomic E-state index is 13.6. The quantitative estimate of drug-likeness (QED) is 0.166. The van der Waals surface area contributed by atoms with Gasteiger partial charge in [-0.25, -0.2) is 0 Å². The summed E-state index contributed by atoms with van der Waals surface area (Å²) < 4.78 is 28.3. The van der Waals surface area contributed by atoms with E-state index in [1.807, 2.05) is 54.1 Å². The molecule has 3 aromatic rings. The summed E-state index contributed by atoms with van der Waals surface area (Å²) in [6.07, 6.45) is 1.23. The van der Waals surface area contributed by atoms with Gasteiger partial charge in [0.05, 0.1) is 30.7 Å². The number of aliphatic hydroxyl groups excluding tert-OH is 1. The van der Waals surface area contributed by atoms with E-state index in [1.165, 1.54) is 0 Å². The first kappa shape index (κ1) is 30.2. The Labute approximate surface area is 242 Å². The Bertz CT molecular complexity index is 1240. The zero-order valence-corrected chi connectivity index (χ0v) is 24.6. The van der Waals surface area contributed by atoms with Gasteiger partial charge in [-0.3, -0.25) is 18.2 Å². The average Bonchev–Trinajstić information content (AvgIpc) is 3.45. The summed E-state index contributed by atoms with van der Waals surface area (Å²) in [5, 5.41) is 24.7. The molecule has 0 saturated carbocycles. The number of thiophene rings is 1. The summed E-state index contributed by atoms with van der Waals surface area (Å²) in [6.45, 7) is 3.96. The highest BCUT2D eigenvalue weighted by molar-refractivity contribution is 8.25. The van der Waals surface area contributed by atoms with Crippen LogP contribution in [0.2, 0.25) is 0 Å². The molecule has 0 bridgehead atoms. The Balaban J connectivity index is 1.50. The van der Waals surface area contributed by atoms with E-state index in [-0.39, 0.29) is 12.5 Å². The molecule has 4 rings (SSSR count). The molecule has 1 saturated heterocycles. The SMILES string of the molecule is CCNc1cc(C(=O)N[C@@H](Cc2ccsc2)[C@@H](O)CNCc2cccc(OC)c2)cc(N2CCCCS2(O)O)c1. The van der Waals surface area contributed by atoms with Crippen LogP contribution >= 0.6 is 22.1 Å². The van der Waals surface area contributed by atoms with E-state index >= 15 is 0 Å². The first-order chi connectivity index (χ1) is 19.3. The number of carbonyl (C=O) groups is 1. The van der Waals surface area contributed by atoms with Crippen LogP contribution < -0.4 is 25.0 Å². The van der Waals surface area contributed by atoms with Crippen LogP contribution in [0.4, 0.5) is 11.4 Å². The van der Waals surface area contributed by atoms with Gasteiger partial charge in [-0.2, -0.15) is 11.3 Å². The Morgan fingerprint density at radius 2 is 2.00 bits per heavy atom. The fourth-order valence-electron chi connectivity index (χ4n) is 4.78. The number of rotatable bonds is 13. The Kier molecular flexibility index (Phi) is 10.7. The molecule has 40 heavy (non-hydrogen) atoms. The molecule has 2 heterocycles. The maximum atomic E-state index is 13.6. The van der Waals surface area contributed by atoms with Crippen molar-refractivity contribution in [3.8, 4) is 5.75 Å². The number of hydrogen-bond acceptors (Lipinski definition) is 9. The molecule has 9 nitrogen and oxygen atoms in total. The standard InChI is InChI=1S/C29H40N4O5S2/c1-3-31-24-15-23(16-25(17-24)33-10-4-5-12-40(33,36)37)29(35)32-27(14-22-9-11-39-20-22)28(34)19-30-18-21-7-6-8-26(13-21)38-2/h6-9,11,13,15-17,20,27-28,30-31,34,36-37H,3-5,10,12,14,18-19H2,1-2H3,(H,32,35)/t27-,28-/m0/s1. The summed E-state index contributed by atoms with van der Waals surface area (Å²) >= 11 is 1.57. The maximum Gasteiger partial charge on any atom is 0.251 e. The highest BCUT2D eigenvalue weighted by Gasteiger charge is 2.28. The van der Waals surface area contributed by atoms with E-state index in [1.54, 1.807) is 34.9 Å². The molecule has 218 valence electrons. The van der Waals surface area contributed by atoms with Crippen LogP contribution in [0, 0.1) is 0 Å². The van der Waals surface area contributed by atoms with Crippen molar-refractivity contribution in [2.75, 3.05) is 42.1 Å². The second-order valence-corrected chi connectivity index (χ2v) is 12.8. The highest BCUT2D eigenvalue weighted by atomic mass is 32.3. The Hall–Kier alpha value is -2.80. The van der Waals surface area contributed by atoms with Crippen molar-refractivity contribution in [2.45, 2.75) is 44.9 Å². The van der Waals surface area contributed by atoms with Crippen LogP contribution in [0.15, 0.2) is 59.3 Å². The minimum Gasteiger partial charge on any atom is -0.497 e. The van der Waals surface area contributed by atoms with Crippen LogP contribution in [0.1, 0.15) is 41.3 Å². The third-order valence-electron chi connectivity index (χ3n) is 6.86. The molecule has 2 atom stereocenters. The molecule has 6 N–H and O–H groups in total. The second kappa shape index (κ2) is 14.2. The summed E-state index contributed by atoms with van der Waals surface area (Å²) in [5.74, 6) is 0.756. The molecule has 1 aliphatic heterocycles. The average molecular weight is 589 g/mol. The van der Waals surface area contributed by atoms with Gasteiger partial charge in [0.1, 0.15) is 5.75 Å². The van der Waals surface area contributed by atoms with Gasteiger partial charge in [0, 0.05) is 37.4 Å². The van der Waals surface area contributed by atoms with Crippen molar-refractivity contribution in [1.82, 2.24) is 10.6 Å². The van der Waals surface area contributed by atoms with Crippen molar-refractivity contribution in [1.29, 1.82) is 0 Å².